The monoisotopic (exact) mass is 490 g/mol. The average molecular weight is 491 g/mol. The van der Waals surface area contributed by atoms with Gasteiger partial charge in [0, 0.05) is 13.0 Å². The molecular weight excluding hydrogens is 456 g/mol. The predicted molar refractivity (Wildman–Crippen MR) is 126 cm³/mol. The van der Waals surface area contributed by atoms with Gasteiger partial charge in [-0.1, -0.05) is 30.3 Å². The van der Waals surface area contributed by atoms with Gasteiger partial charge in [-0.05, 0) is 45.6 Å². The summed E-state index contributed by atoms with van der Waals surface area (Å²) in [6.07, 6.45) is 0.168. The summed E-state index contributed by atoms with van der Waals surface area (Å²) in [5, 5.41) is 5.00. The van der Waals surface area contributed by atoms with Gasteiger partial charge >= 0.3 is 12.1 Å². The van der Waals surface area contributed by atoms with E-state index in [1.54, 1.807) is 32.9 Å². The lowest BCUT2D eigenvalue weighted by atomic mass is 10.1. The molecule has 1 saturated heterocycles. The molecule has 2 unspecified atom stereocenters. The second-order valence-corrected chi connectivity index (χ2v) is 9.26. The number of primary amides is 1. The van der Waals surface area contributed by atoms with Crippen molar-refractivity contribution in [2.24, 2.45) is 5.73 Å². The third-order valence-corrected chi connectivity index (χ3v) is 5.15. The average Bonchev–Trinajstić information content (AvgIpc) is 3.28. The summed E-state index contributed by atoms with van der Waals surface area (Å²) in [7, 11) is 0. The molecule has 0 saturated carbocycles. The standard InChI is InChI=1S/C24H34N4O7/c1-24(2,3)35-23(33)28-13-7-10-18(28)22(32)27-17(11-12-19(25)29)21(31)26-14-20(30)34-15-16-8-5-4-6-9-16/h4-6,8-9,17-18H,7,10-15H2,1-3H3,(H2,25,29)(H,26,31)(H,27,32). The number of esters is 1. The van der Waals surface area contributed by atoms with E-state index in [-0.39, 0.29) is 19.4 Å². The second kappa shape index (κ2) is 12.7. The Morgan fingerprint density at radius 1 is 1.14 bits per heavy atom. The molecule has 4 amide bonds. The highest BCUT2D eigenvalue weighted by Crippen LogP contribution is 2.21. The molecule has 1 aliphatic heterocycles. The molecule has 35 heavy (non-hydrogen) atoms. The number of likely N-dealkylation sites (tertiary alicyclic amines) is 1. The van der Waals surface area contributed by atoms with Crippen LogP contribution < -0.4 is 16.4 Å². The van der Waals surface area contributed by atoms with Crippen LogP contribution in [0.4, 0.5) is 4.79 Å². The summed E-state index contributed by atoms with van der Waals surface area (Å²) in [6.45, 7) is 5.17. The van der Waals surface area contributed by atoms with Gasteiger partial charge in [-0.25, -0.2) is 4.79 Å². The maximum Gasteiger partial charge on any atom is 0.410 e. The van der Waals surface area contributed by atoms with Gasteiger partial charge < -0.3 is 25.8 Å². The fourth-order valence-electron chi connectivity index (χ4n) is 3.47. The first-order valence-electron chi connectivity index (χ1n) is 11.5. The Hall–Kier alpha value is -3.63. The van der Waals surface area contributed by atoms with Gasteiger partial charge in [0.25, 0.3) is 0 Å². The Labute approximate surface area is 204 Å². The van der Waals surface area contributed by atoms with Gasteiger partial charge in [0.05, 0.1) is 0 Å². The van der Waals surface area contributed by atoms with E-state index in [0.717, 1.165) is 5.56 Å². The minimum atomic E-state index is -1.13. The van der Waals surface area contributed by atoms with Crippen molar-refractivity contribution in [3.63, 3.8) is 0 Å². The zero-order chi connectivity index (χ0) is 26.0. The summed E-state index contributed by atoms with van der Waals surface area (Å²) in [6, 6.07) is 7.11. The summed E-state index contributed by atoms with van der Waals surface area (Å²) < 4.78 is 10.5. The Balaban J connectivity index is 1.94. The first-order chi connectivity index (χ1) is 16.5. The van der Waals surface area contributed by atoms with E-state index in [2.05, 4.69) is 10.6 Å². The lowest BCUT2D eigenvalue weighted by molar-refractivity contribution is -0.145. The molecular formula is C24H34N4O7. The van der Waals surface area contributed by atoms with Crippen LogP contribution in [0.1, 0.15) is 52.0 Å². The van der Waals surface area contributed by atoms with Crippen molar-refractivity contribution in [3.05, 3.63) is 35.9 Å². The zero-order valence-electron chi connectivity index (χ0n) is 20.4. The van der Waals surface area contributed by atoms with E-state index in [4.69, 9.17) is 15.2 Å². The third kappa shape index (κ3) is 9.63. The molecule has 11 nitrogen and oxygen atoms in total. The van der Waals surface area contributed by atoms with Crippen LogP contribution in [0.5, 0.6) is 0 Å². The molecule has 1 fully saturated rings. The van der Waals surface area contributed by atoms with Crippen molar-refractivity contribution in [3.8, 4) is 0 Å². The lowest BCUT2D eigenvalue weighted by Gasteiger charge is -2.29. The maximum absolute atomic E-state index is 12.9. The molecule has 2 rings (SSSR count). The van der Waals surface area contributed by atoms with Gasteiger partial charge in [0.1, 0.15) is 30.8 Å². The van der Waals surface area contributed by atoms with E-state index < -0.39 is 54.0 Å². The molecule has 0 spiro atoms. The first kappa shape index (κ1) is 27.6. The van der Waals surface area contributed by atoms with Gasteiger partial charge in [-0.2, -0.15) is 0 Å². The molecule has 4 N–H and O–H groups in total. The van der Waals surface area contributed by atoms with Crippen LogP contribution in [-0.2, 0) is 35.3 Å². The van der Waals surface area contributed by atoms with E-state index in [9.17, 15) is 24.0 Å². The number of nitrogens with zero attached hydrogens (tertiary/aromatic N) is 1. The fraction of sp³-hybridized carbons (Fsp3) is 0.542. The number of benzene rings is 1. The Morgan fingerprint density at radius 3 is 2.46 bits per heavy atom. The summed E-state index contributed by atoms with van der Waals surface area (Å²) in [5.74, 6) is -2.52. The lowest BCUT2D eigenvalue weighted by Crippen LogP contribution is -2.54. The number of hydrogen-bond acceptors (Lipinski definition) is 7. The largest absolute Gasteiger partial charge is 0.460 e. The predicted octanol–water partition coefficient (Wildman–Crippen LogP) is 0.996. The molecule has 0 radical (unpaired) electrons. The van der Waals surface area contributed by atoms with Crippen LogP contribution >= 0.6 is 0 Å². The van der Waals surface area contributed by atoms with Crippen molar-refractivity contribution in [2.45, 2.75) is 70.7 Å². The van der Waals surface area contributed by atoms with E-state index in [1.807, 2.05) is 18.2 Å². The molecule has 0 bridgehead atoms. The molecule has 1 aliphatic rings. The highest BCUT2D eigenvalue weighted by Gasteiger charge is 2.38. The summed E-state index contributed by atoms with van der Waals surface area (Å²) in [5.41, 5.74) is 5.28. The van der Waals surface area contributed by atoms with Gasteiger partial charge in [-0.15, -0.1) is 0 Å². The number of rotatable bonds is 10. The Morgan fingerprint density at radius 2 is 1.83 bits per heavy atom. The van der Waals surface area contributed by atoms with Crippen molar-refractivity contribution >= 4 is 29.8 Å². The topological polar surface area (TPSA) is 157 Å². The number of amides is 4. The van der Waals surface area contributed by atoms with Gasteiger partial charge in [0.15, 0.2) is 0 Å². The van der Waals surface area contributed by atoms with E-state index in [1.165, 1.54) is 4.90 Å². The van der Waals surface area contributed by atoms with Gasteiger partial charge in [0.2, 0.25) is 17.7 Å². The Kier molecular flexibility index (Phi) is 10.0. The minimum Gasteiger partial charge on any atom is -0.460 e. The van der Waals surface area contributed by atoms with Crippen LogP contribution in [0.15, 0.2) is 30.3 Å². The van der Waals surface area contributed by atoms with Crippen molar-refractivity contribution in [1.29, 1.82) is 0 Å². The zero-order valence-corrected chi connectivity index (χ0v) is 20.4. The van der Waals surface area contributed by atoms with Crippen LogP contribution in [0.2, 0.25) is 0 Å². The van der Waals surface area contributed by atoms with Crippen molar-refractivity contribution in [2.75, 3.05) is 13.1 Å². The first-order valence-corrected chi connectivity index (χ1v) is 11.5. The van der Waals surface area contributed by atoms with Crippen LogP contribution in [0.3, 0.4) is 0 Å². The molecule has 0 aliphatic carbocycles. The smallest absolute Gasteiger partial charge is 0.410 e. The molecule has 192 valence electrons. The number of carbonyl (C=O) groups excluding carboxylic acids is 5. The number of nitrogens with two attached hydrogens (primary N) is 1. The SMILES string of the molecule is CC(C)(C)OC(=O)N1CCCC1C(=O)NC(CCC(N)=O)C(=O)NCC(=O)OCc1ccccc1. The number of carbonyl (C=O) groups is 5. The molecule has 2 atom stereocenters. The number of ether oxygens (including phenoxy) is 2. The maximum atomic E-state index is 12.9. The normalized spacial score (nSPS) is 16.2. The van der Waals surface area contributed by atoms with Gasteiger partial charge in [-0.3, -0.25) is 24.1 Å². The molecule has 1 heterocycles. The second-order valence-electron chi connectivity index (χ2n) is 9.26. The summed E-state index contributed by atoms with van der Waals surface area (Å²) >= 11 is 0. The molecule has 0 aromatic heterocycles. The quantitative estimate of drug-likeness (QED) is 0.413. The van der Waals surface area contributed by atoms with Crippen molar-refractivity contribution in [1.82, 2.24) is 15.5 Å². The molecule has 1 aromatic carbocycles. The highest BCUT2D eigenvalue weighted by atomic mass is 16.6. The molecule has 11 heteroatoms. The summed E-state index contributed by atoms with van der Waals surface area (Å²) in [4.78, 5) is 62.7. The minimum absolute atomic E-state index is 0.0551. The van der Waals surface area contributed by atoms with E-state index >= 15 is 0 Å². The van der Waals surface area contributed by atoms with E-state index in [0.29, 0.717) is 19.4 Å². The highest BCUT2D eigenvalue weighted by molar-refractivity contribution is 5.93. The van der Waals surface area contributed by atoms with Crippen LogP contribution in [0, 0.1) is 0 Å². The third-order valence-electron chi connectivity index (χ3n) is 5.15. The van der Waals surface area contributed by atoms with Crippen LogP contribution in [-0.4, -0.2) is 65.5 Å². The fourth-order valence-corrected chi connectivity index (χ4v) is 3.47. The molecule has 1 aromatic rings. The Bertz CT molecular complexity index is 914. The van der Waals surface area contributed by atoms with Crippen molar-refractivity contribution < 1.29 is 33.4 Å². The van der Waals surface area contributed by atoms with Crippen LogP contribution in [0.25, 0.3) is 0 Å². The number of nitrogens with one attached hydrogen (secondary N) is 2. The number of hydrogen-bond donors (Lipinski definition) is 3.